The second-order valence-corrected chi connectivity index (χ2v) is 8.82. The van der Waals surface area contributed by atoms with Crippen LogP contribution in [0.2, 0.25) is 0 Å². The number of unbranched alkanes of at least 4 members (excludes halogenated alkanes) is 3. The number of benzene rings is 2. The number of nitrogens with zero attached hydrogens (tertiary/aromatic N) is 2. The highest BCUT2D eigenvalue weighted by molar-refractivity contribution is 5.81. The summed E-state index contributed by atoms with van der Waals surface area (Å²) >= 11 is 0. The molecule has 2 aromatic rings. The van der Waals surface area contributed by atoms with Gasteiger partial charge in [0.15, 0.2) is 0 Å². The second-order valence-electron chi connectivity index (χ2n) is 8.82. The molecule has 0 amide bonds. The zero-order chi connectivity index (χ0) is 22.2. The summed E-state index contributed by atoms with van der Waals surface area (Å²) in [5.74, 6) is 0. The lowest BCUT2D eigenvalue weighted by molar-refractivity contribution is -0.345. The quantitative estimate of drug-likeness (QED) is 0.328. The van der Waals surface area contributed by atoms with Crippen LogP contribution in [-0.4, -0.2) is 4.70 Å². The van der Waals surface area contributed by atoms with E-state index in [0.717, 1.165) is 54.6 Å². The monoisotopic (exact) mass is 414 g/mol. The zero-order valence-electron chi connectivity index (χ0n) is 19.9. The molecule has 2 aromatic carbocycles. The molecule has 31 heavy (non-hydrogen) atoms. The molecule has 1 aliphatic heterocycles. The maximum atomic E-state index is 11.4. The first-order chi connectivity index (χ1) is 15.1. The molecule has 0 N–H and O–H groups in total. The minimum Gasteiger partial charge on any atom is -0.493 e. The molecule has 2 heteroatoms. The van der Waals surface area contributed by atoms with E-state index in [9.17, 15) is 5.53 Å². The zero-order valence-corrected chi connectivity index (χ0v) is 19.9. The van der Waals surface area contributed by atoms with Crippen molar-refractivity contribution >= 4 is 11.4 Å². The van der Waals surface area contributed by atoms with Gasteiger partial charge in [-0.05, 0) is 80.8 Å². The molecule has 0 bridgehead atoms. The van der Waals surface area contributed by atoms with Crippen LogP contribution < -0.4 is 0 Å². The van der Waals surface area contributed by atoms with E-state index < -0.39 is 0 Å². The van der Waals surface area contributed by atoms with Crippen molar-refractivity contribution in [2.75, 3.05) is 0 Å². The highest BCUT2D eigenvalue weighted by Gasteiger charge is 2.33. The average molecular weight is 415 g/mol. The maximum absolute atomic E-state index is 11.4. The van der Waals surface area contributed by atoms with E-state index in [4.69, 9.17) is 0 Å². The Morgan fingerprint density at radius 1 is 0.677 bits per heavy atom. The van der Waals surface area contributed by atoms with Crippen LogP contribution in [-0.2, 0) is 12.8 Å². The molecule has 0 unspecified atom stereocenters. The van der Waals surface area contributed by atoms with Crippen LogP contribution in [0.15, 0.2) is 59.7 Å². The third-order valence-corrected chi connectivity index (χ3v) is 6.34. The first-order valence-electron chi connectivity index (χ1n) is 12.2. The van der Waals surface area contributed by atoms with E-state index in [1.807, 2.05) is 0 Å². The Balaban J connectivity index is 2.01. The topological polar surface area (TPSA) is 25.3 Å². The van der Waals surface area contributed by atoms with Crippen LogP contribution in [0.4, 0.5) is 0 Å². The van der Waals surface area contributed by atoms with Crippen molar-refractivity contribution in [3.63, 3.8) is 0 Å². The van der Waals surface area contributed by atoms with Crippen LogP contribution in [0.1, 0.15) is 94.9 Å². The lowest BCUT2D eigenvalue weighted by atomic mass is 9.95. The van der Waals surface area contributed by atoms with Crippen molar-refractivity contribution in [3.8, 4) is 0 Å². The molecule has 1 heterocycles. The lowest BCUT2D eigenvalue weighted by Crippen LogP contribution is -2.03. The Morgan fingerprint density at radius 3 is 1.68 bits per heavy atom. The van der Waals surface area contributed by atoms with Gasteiger partial charge >= 0.3 is 0 Å². The van der Waals surface area contributed by atoms with Gasteiger partial charge in [0, 0.05) is 22.3 Å². The number of rotatable bonds is 11. The van der Waals surface area contributed by atoms with Crippen LogP contribution in [0, 0.1) is 0 Å². The smallest absolute Gasteiger partial charge is 0.211 e. The van der Waals surface area contributed by atoms with Crippen molar-refractivity contribution < 1.29 is 4.70 Å². The normalized spacial score (nSPS) is 14.1. The van der Waals surface area contributed by atoms with Crippen molar-refractivity contribution in [3.05, 3.63) is 87.5 Å². The molecule has 0 fully saturated rings. The van der Waals surface area contributed by atoms with E-state index in [1.165, 1.54) is 52.7 Å². The summed E-state index contributed by atoms with van der Waals surface area (Å²) in [6, 6.07) is 17.5. The fourth-order valence-electron chi connectivity index (χ4n) is 4.52. The van der Waals surface area contributed by atoms with Gasteiger partial charge in [-0.2, -0.15) is 0 Å². The first kappa shape index (κ1) is 23.2. The minimum atomic E-state index is 0.943. The van der Waals surface area contributed by atoms with E-state index in [0.29, 0.717) is 0 Å². The van der Waals surface area contributed by atoms with E-state index in [-0.39, 0.29) is 0 Å². The van der Waals surface area contributed by atoms with Gasteiger partial charge in [0.25, 0.3) is 0 Å². The standard InChI is InChI=1S/C29H38N2/c1-5-8-13-23-15-11-17-25(20-23)28-22(4)27(19-10-7-3)29(31(28)30)26-18-12-16-24(21-26)14-9-6-2/h11-12,15-18,20-21H,5-10,13-14,19H2,1-4H3. The van der Waals surface area contributed by atoms with Crippen LogP contribution in [0.3, 0.4) is 0 Å². The maximum Gasteiger partial charge on any atom is 0.211 e. The van der Waals surface area contributed by atoms with Crippen LogP contribution in [0.5, 0.6) is 0 Å². The molecule has 0 saturated heterocycles. The molecule has 164 valence electrons. The molecule has 3 rings (SSSR count). The summed E-state index contributed by atoms with van der Waals surface area (Å²) in [6.45, 7) is 8.87. The summed E-state index contributed by atoms with van der Waals surface area (Å²) in [5, 5.41) is 0. The summed E-state index contributed by atoms with van der Waals surface area (Å²) in [6.07, 6.45) is 10.2. The van der Waals surface area contributed by atoms with Gasteiger partial charge in [0.05, 0.1) is 0 Å². The van der Waals surface area contributed by atoms with E-state index in [1.54, 1.807) is 0 Å². The molecular formula is C29H38N2. The van der Waals surface area contributed by atoms with Crippen LogP contribution in [0.25, 0.3) is 16.9 Å². The molecule has 0 aromatic heterocycles. The average Bonchev–Trinajstić information content (AvgIpc) is 3.04. The molecule has 0 saturated carbocycles. The fourth-order valence-corrected chi connectivity index (χ4v) is 4.52. The second kappa shape index (κ2) is 11.2. The van der Waals surface area contributed by atoms with Crippen molar-refractivity contribution in [1.82, 2.24) is 0 Å². The molecule has 0 aliphatic carbocycles. The highest BCUT2D eigenvalue weighted by Crippen LogP contribution is 2.42. The fraction of sp³-hybridized carbons (Fsp3) is 0.448. The number of hydrogen-bond acceptors (Lipinski definition) is 0. The highest BCUT2D eigenvalue weighted by atomic mass is 15.2. The largest absolute Gasteiger partial charge is 0.493 e. The first-order valence-corrected chi connectivity index (χ1v) is 12.2. The van der Waals surface area contributed by atoms with Gasteiger partial charge in [0.2, 0.25) is 11.4 Å². The van der Waals surface area contributed by atoms with Gasteiger partial charge in [-0.15, -0.1) is 0 Å². The Morgan fingerprint density at radius 2 is 1.16 bits per heavy atom. The van der Waals surface area contributed by atoms with E-state index >= 15 is 0 Å². The molecule has 2 nitrogen and oxygen atoms in total. The Kier molecular flexibility index (Phi) is 8.40. The van der Waals surface area contributed by atoms with Gasteiger partial charge in [-0.25, -0.2) is 4.70 Å². The number of aryl methyl sites for hydroxylation is 2. The third-order valence-electron chi connectivity index (χ3n) is 6.34. The van der Waals surface area contributed by atoms with Gasteiger partial charge in [-0.1, -0.05) is 64.3 Å². The summed E-state index contributed by atoms with van der Waals surface area (Å²) in [5.41, 5.74) is 20.8. The Hall–Kier alpha value is -2.48. The SMILES string of the molecule is CCCCC1=C(c2cccc(CCCC)c2)[N+](=[N-])C(c2cccc(CCCC)c2)=C1C. The number of allylic oxidation sites excluding steroid dienone is 2. The van der Waals surface area contributed by atoms with E-state index in [2.05, 4.69) is 76.2 Å². The van der Waals surface area contributed by atoms with Crippen molar-refractivity contribution in [1.29, 1.82) is 0 Å². The molecule has 0 atom stereocenters. The van der Waals surface area contributed by atoms with Gasteiger partial charge in [-0.3, -0.25) is 0 Å². The Bertz CT molecular complexity index is 978. The Labute approximate surface area is 189 Å². The minimum absolute atomic E-state index is 0.943. The molecular weight excluding hydrogens is 376 g/mol. The molecule has 1 aliphatic rings. The predicted octanol–water partition coefficient (Wildman–Crippen LogP) is 8.75. The molecule has 0 radical (unpaired) electrons. The summed E-state index contributed by atoms with van der Waals surface area (Å²) < 4.78 is 1.47. The van der Waals surface area contributed by atoms with Gasteiger partial charge in [0.1, 0.15) is 0 Å². The number of hydrogen-bond donors (Lipinski definition) is 0. The third kappa shape index (κ3) is 5.42. The van der Waals surface area contributed by atoms with Gasteiger partial charge < -0.3 is 5.53 Å². The summed E-state index contributed by atoms with van der Waals surface area (Å²) in [7, 11) is 0. The summed E-state index contributed by atoms with van der Waals surface area (Å²) in [4.78, 5) is 0. The van der Waals surface area contributed by atoms with Crippen molar-refractivity contribution in [2.45, 2.75) is 85.5 Å². The predicted molar refractivity (Wildman–Crippen MR) is 133 cm³/mol. The molecule has 0 spiro atoms. The van der Waals surface area contributed by atoms with Crippen molar-refractivity contribution in [2.24, 2.45) is 0 Å². The van der Waals surface area contributed by atoms with Crippen LogP contribution >= 0.6 is 0 Å². The lowest BCUT2D eigenvalue weighted by Gasteiger charge is -2.11.